The largest absolute Gasteiger partial charge is 0.494 e. The molecule has 1 aromatic rings. The van der Waals surface area contributed by atoms with Gasteiger partial charge in [-0.05, 0) is 96.3 Å². The van der Waals surface area contributed by atoms with E-state index in [0.717, 1.165) is 50.9 Å². The number of hydrogen-bond acceptors (Lipinski definition) is 5. The number of carbonyl (C=O) groups excluding carboxylic acids is 2. The minimum Gasteiger partial charge on any atom is -0.494 e. The number of hydrogen-bond donors (Lipinski definition) is 0. The molecule has 1 aromatic carbocycles. The van der Waals surface area contributed by atoms with Gasteiger partial charge in [-0.1, -0.05) is 20.3 Å². The van der Waals surface area contributed by atoms with Crippen molar-refractivity contribution in [1.82, 2.24) is 4.90 Å². The van der Waals surface area contributed by atoms with Gasteiger partial charge in [-0.2, -0.15) is 0 Å². The Bertz CT molecular complexity index is 607. The highest BCUT2D eigenvalue weighted by Crippen LogP contribution is 2.15. The maximum absolute atomic E-state index is 12.0. The van der Waals surface area contributed by atoms with Crippen LogP contribution >= 0.6 is 0 Å². The summed E-state index contributed by atoms with van der Waals surface area (Å²) in [5.74, 6) is 1.02. The van der Waals surface area contributed by atoms with E-state index in [9.17, 15) is 9.59 Å². The zero-order chi connectivity index (χ0) is 22.4. The molecule has 0 fully saturated rings. The van der Waals surface area contributed by atoms with Crippen molar-refractivity contribution in [1.29, 1.82) is 0 Å². The first-order valence-electron chi connectivity index (χ1n) is 11.4. The molecule has 5 heteroatoms. The Balaban J connectivity index is 2.29. The first kappa shape index (κ1) is 26.2. The number of esters is 1. The minimum absolute atomic E-state index is 0.103. The van der Waals surface area contributed by atoms with Gasteiger partial charge in [0.2, 0.25) is 0 Å². The molecule has 0 heterocycles. The predicted molar refractivity (Wildman–Crippen MR) is 122 cm³/mol. The van der Waals surface area contributed by atoms with Gasteiger partial charge in [0.25, 0.3) is 0 Å². The second-order valence-corrected chi connectivity index (χ2v) is 9.12. The lowest BCUT2D eigenvalue weighted by Crippen LogP contribution is -2.29. The van der Waals surface area contributed by atoms with Gasteiger partial charge in [0, 0.05) is 12.0 Å². The van der Waals surface area contributed by atoms with Crippen LogP contribution in [0.25, 0.3) is 0 Å². The summed E-state index contributed by atoms with van der Waals surface area (Å²) in [5, 5.41) is 0. The van der Waals surface area contributed by atoms with E-state index in [1.54, 1.807) is 12.1 Å². The maximum Gasteiger partial charge on any atom is 0.306 e. The third-order valence-electron chi connectivity index (χ3n) is 4.85. The topological polar surface area (TPSA) is 55.8 Å². The van der Waals surface area contributed by atoms with E-state index in [4.69, 9.17) is 9.47 Å². The molecule has 30 heavy (non-hydrogen) atoms. The van der Waals surface area contributed by atoms with Crippen molar-refractivity contribution in [3.63, 3.8) is 0 Å². The lowest BCUT2D eigenvalue weighted by molar-refractivity contribution is -0.155. The summed E-state index contributed by atoms with van der Waals surface area (Å²) in [6.07, 6.45) is 6.77. The first-order chi connectivity index (χ1) is 14.2. The molecular formula is C25H41NO4. The van der Waals surface area contributed by atoms with E-state index in [1.165, 1.54) is 12.8 Å². The van der Waals surface area contributed by atoms with Gasteiger partial charge >= 0.3 is 5.97 Å². The second-order valence-electron chi connectivity index (χ2n) is 9.12. The minimum atomic E-state index is -0.414. The summed E-state index contributed by atoms with van der Waals surface area (Å²) in [4.78, 5) is 25.2. The van der Waals surface area contributed by atoms with Gasteiger partial charge in [-0.25, -0.2) is 0 Å². The van der Waals surface area contributed by atoms with Crippen molar-refractivity contribution in [3.05, 3.63) is 29.8 Å². The SMILES string of the molecule is CCCCN(CCCCOc1ccc(C=O)cc1)CCC(C)CC(=O)OC(C)(C)C. The maximum atomic E-state index is 12.0. The zero-order valence-electron chi connectivity index (χ0n) is 19.6. The summed E-state index contributed by atoms with van der Waals surface area (Å²) < 4.78 is 11.2. The normalized spacial score (nSPS) is 12.6. The average Bonchev–Trinajstić information content (AvgIpc) is 2.68. The van der Waals surface area contributed by atoms with Gasteiger partial charge in [0.1, 0.15) is 17.6 Å². The van der Waals surface area contributed by atoms with Crippen LogP contribution in [-0.2, 0) is 9.53 Å². The number of aldehydes is 1. The van der Waals surface area contributed by atoms with Crippen LogP contribution in [0.1, 0.15) is 83.5 Å². The van der Waals surface area contributed by atoms with Crippen LogP contribution < -0.4 is 4.74 Å². The fraction of sp³-hybridized carbons (Fsp3) is 0.680. The Hall–Kier alpha value is -1.88. The Morgan fingerprint density at radius 3 is 2.33 bits per heavy atom. The number of rotatable bonds is 15. The lowest BCUT2D eigenvalue weighted by atomic mass is 10.0. The molecule has 1 rings (SSSR count). The predicted octanol–water partition coefficient (Wildman–Crippen LogP) is 5.52. The van der Waals surface area contributed by atoms with Crippen LogP contribution in [0.4, 0.5) is 0 Å². The number of benzene rings is 1. The van der Waals surface area contributed by atoms with E-state index < -0.39 is 5.60 Å². The van der Waals surface area contributed by atoms with Crippen LogP contribution in [0, 0.1) is 5.92 Å². The highest BCUT2D eigenvalue weighted by molar-refractivity contribution is 5.74. The fourth-order valence-electron chi connectivity index (χ4n) is 3.16. The van der Waals surface area contributed by atoms with Gasteiger partial charge in [0.05, 0.1) is 6.61 Å². The molecule has 0 aliphatic carbocycles. The van der Waals surface area contributed by atoms with E-state index in [1.807, 2.05) is 32.9 Å². The number of ether oxygens (including phenoxy) is 2. The summed E-state index contributed by atoms with van der Waals surface area (Å²) >= 11 is 0. The fourth-order valence-corrected chi connectivity index (χ4v) is 3.16. The molecule has 0 aliphatic heterocycles. The molecule has 0 saturated heterocycles. The number of nitrogens with zero attached hydrogens (tertiary/aromatic N) is 1. The van der Waals surface area contributed by atoms with Gasteiger partial charge in [0.15, 0.2) is 0 Å². The van der Waals surface area contributed by atoms with Crippen LogP contribution in [-0.4, -0.2) is 49.0 Å². The van der Waals surface area contributed by atoms with Crippen molar-refractivity contribution in [2.75, 3.05) is 26.2 Å². The highest BCUT2D eigenvalue weighted by Gasteiger charge is 2.18. The summed E-state index contributed by atoms with van der Waals surface area (Å²) in [5.41, 5.74) is 0.248. The van der Waals surface area contributed by atoms with E-state index in [-0.39, 0.29) is 5.97 Å². The Labute approximate surface area is 183 Å². The number of carbonyl (C=O) groups is 2. The van der Waals surface area contributed by atoms with Gasteiger partial charge < -0.3 is 14.4 Å². The lowest BCUT2D eigenvalue weighted by Gasteiger charge is -2.24. The number of unbranched alkanes of at least 4 members (excludes halogenated alkanes) is 2. The summed E-state index contributed by atoms with van der Waals surface area (Å²) in [7, 11) is 0. The molecule has 0 amide bonds. The highest BCUT2D eigenvalue weighted by atomic mass is 16.6. The van der Waals surface area contributed by atoms with E-state index >= 15 is 0 Å². The van der Waals surface area contributed by atoms with Crippen LogP contribution in [0.3, 0.4) is 0 Å². The van der Waals surface area contributed by atoms with Crippen LogP contribution in [0.5, 0.6) is 5.75 Å². The quantitative estimate of drug-likeness (QED) is 0.213. The third kappa shape index (κ3) is 12.6. The van der Waals surface area contributed by atoms with Crippen LogP contribution in [0.2, 0.25) is 0 Å². The second kappa shape index (κ2) is 14.2. The van der Waals surface area contributed by atoms with Crippen molar-refractivity contribution in [3.8, 4) is 5.75 Å². The van der Waals surface area contributed by atoms with Crippen LogP contribution in [0.15, 0.2) is 24.3 Å². The van der Waals surface area contributed by atoms with Crippen molar-refractivity contribution >= 4 is 12.3 Å². The molecular weight excluding hydrogens is 378 g/mol. The standard InChI is InChI=1S/C25H41NO4/c1-6-7-15-26(17-14-21(2)19-24(28)30-25(3,4)5)16-8-9-18-29-23-12-10-22(20-27)11-13-23/h10-13,20-21H,6-9,14-19H2,1-5H3. The van der Waals surface area contributed by atoms with Crippen molar-refractivity contribution in [2.24, 2.45) is 5.92 Å². The van der Waals surface area contributed by atoms with Crippen molar-refractivity contribution in [2.45, 2.75) is 78.7 Å². The first-order valence-corrected chi connectivity index (χ1v) is 11.4. The monoisotopic (exact) mass is 419 g/mol. The Kier molecular flexibility index (Phi) is 12.4. The van der Waals surface area contributed by atoms with E-state index in [0.29, 0.717) is 24.5 Å². The molecule has 0 aromatic heterocycles. The molecule has 0 spiro atoms. The third-order valence-corrected chi connectivity index (χ3v) is 4.85. The Morgan fingerprint density at radius 2 is 1.73 bits per heavy atom. The molecule has 1 atom stereocenters. The molecule has 0 radical (unpaired) electrons. The smallest absolute Gasteiger partial charge is 0.306 e. The van der Waals surface area contributed by atoms with E-state index in [2.05, 4.69) is 18.7 Å². The Morgan fingerprint density at radius 1 is 1.07 bits per heavy atom. The summed E-state index contributed by atoms with van der Waals surface area (Å²) in [6.45, 7) is 13.9. The van der Waals surface area contributed by atoms with Crippen molar-refractivity contribution < 1.29 is 19.1 Å². The molecule has 5 nitrogen and oxygen atoms in total. The molecule has 0 N–H and O–H groups in total. The molecule has 0 aliphatic rings. The van der Waals surface area contributed by atoms with Gasteiger partial charge in [-0.3, -0.25) is 9.59 Å². The average molecular weight is 420 g/mol. The van der Waals surface area contributed by atoms with Gasteiger partial charge in [-0.15, -0.1) is 0 Å². The molecule has 1 unspecified atom stereocenters. The summed E-state index contributed by atoms with van der Waals surface area (Å²) in [6, 6.07) is 7.22. The molecule has 0 bridgehead atoms. The molecule has 0 saturated carbocycles. The zero-order valence-corrected chi connectivity index (χ0v) is 19.6. The molecule has 170 valence electrons.